The molecule has 1 saturated heterocycles. The number of quaternary nitrogens is 1. The van der Waals surface area contributed by atoms with E-state index in [2.05, 4.69) is 5.32 Å². The van der Waals surface area contributed by atoms with Crippen LogP contribution >= 0.6 is 22.9 Å². The number of carbonyl (C=O) groups is 2. The summed E-state index contributed by atoms with van der Waals surface area (Å²) in [6, 6.07) is 9.15. The quantitative estimate of drug-likeness (QED) is 0.842. The van der Waals surface area contributed by atoms with Crippen molar-refractivity contribution < 1.29 is 18.9 Å². The fourth-order valence-corrected chi connectivity index (χ4v) is 3.76. The van der Waals surface area contributed by atoms with E-state index in [1.165, 1.54) is 35.6 Å². The topological polar surface area (TPSA) is 53.9 Å². The van der Waals surface area contributed by atoms with Gasteiger partial charge in [0.25, 0.3) is 11.8 Å². The Kier molecular flexibility index (Phi) is 5.67. The molecule has 1 aliphatic heterocycles. The average molecular weight is 383 g/mol. The van der Waals surface area contributed by atoms with Crippen molar-refractivity contribution in [3.05, 3.63) is 51.4 Å². The number of hydrogen-bond acceptors (Lipinski definition) is 3. The van der Waals surface area contributed by atoms with E-state index in [1.54, 1.807) is 17.0 Å². The highest BCUT2D eigenvalue weighted by atomic mass is 35.5. The van der Waals surface area contributed by atoms with Crippen LogP contribution in [0, 0.1) is 5.82 Å². The zero-order valence-corrected chi connectivity index (χ0v) is 15.0. The van der Waals surface area contributed by atoms with Crippen LogP contribution in [-0.4, -0.2) is 49.4 Å². The summed E-state index contributed by atoms with van der Waals surface area (Å²) in [6.07, 6.45) is 0. The summed E-state index contributed by atoms with van der Waals surface area (Å²) in [7, 11) is 0. The molecule has 5 nitrogen and oxygen atoms in total. The number of hydrogen-bond donors (Lipinski definition) is 2. The predicted molar refractivity (Wildman–Crippen MR) is 95.8 cm³/mol. The molecule has 1 aromatic carbocycles. The van der Waals surface area contributed by atoms with Gasteiger partial charge in [0.05, 0.1) is 35.4 Å². The van der Waals surface area contributed by atoms with E-state index < -0.39 is 0 Å². The molecule has 25 heavy (non-hydrogen) atoms. The minimum absolute atomic E-state index is 0.00767. The molecule has 0 unspecified atom stereocenters. The third-order valence-electron chi connectivity index (χ3n) is 4.08. The Labute approximate surface area is 154 Å². The first kappa shape index (κ1) is 17.8. The van der Waals surface area contributed by atoms with Crippen LogP contribution in [-0.2, 0) is 4.79 Å². The molecule has 0 radical (unpaired) electrons. The Bertz CT molecular complexity index is 758. The number of piperazine rings is 1. The lowest BCUT2D eigenvalue weighted by atomic mass is 10.2. The maximum atomic E-state index is 12.9. The van der Waals surface area contributed by atoms with Gasteiger partial charge >= 0.3 is 0 Å². The van der Waals surface area contributed by atoms with E-state index in [1.807, 2.05) is 0 Å². The number of rotatable bonds is 4. The Balaban J connectivity index is 1.46. The van der Waals surface area contributed by atoms with Crippen molar-refractivity contribution in [2.24, 2.45) is 0 Å². The lowest BCUT2D eigenvalue weighted by Crippen LogP contribution is -3.15. The average Bonchev–Trinajstić information content (AvgIpc) is 3.03. The number of nitrogens with zero attached hydrogens (tertiary/aromatic N) is 1. The van der Waals surface area contributed by atoms with Crippen LogP contribution in [0.2, 0.25) is 4.34 Å². The minimum Gasteiger partial charge on any atom is -0.327 e. The highest BCUT2D eigenvalue weighted by Gasteiger charge is 2.26. The highest BCUT2D eigenvalue weighted by molar-refractivity contribution is 7.17. The second-order valence-corrected chi connectivity index (χ2v) is 7.59. The second kappa shape index (κ2) is 7.95. The first-order chi connectivity index (χ1) is 12.0. The summed E-state index contributed by atoms with van der Waals surface area (Å²) in [5, 5.41) is 2.76. The molecule has 2 N–H and O–H groups in total. The zero-order chi connectivity index (χ0) is 17.8. The van der Waals surface area contributed by atoms with Gasteiger partial charge in [-0.2, -0.15) is 0 Å². The molecule has 8 heteroatoms. The highest BCUT2D eigenvalue weighted by Crippen LogP contribution is 2.22. The number of carbonyl (C=O) groups excluding carboxylic acids is 2. The molecule has 0 bridgehead atoms. The van der Waals surface area contributed by atoms with E-state index >= 15 is 0 Å². The van der Waals surface area contributed by atoms with Crippen molar-refractivity contribution in [2.45, 2.75) is 0 Å². The molecule has 1 fully saturated rings. The number of anilines is 1. The molecule has 0 spiro atoms. The van der Waals surface area contributed by atoms with Gasteiger partial charge in [0.15, 0.2) is 6.54 Å². The van der Waals surface area contributed by atoms with Gasteiger partial charge in [-0.15, -0.1) is 11.3 Å². The van der Waals surface area contributed by atoms with Gasteiger partial charge < -0.3 is 15.1 Å². The van der Waals surface area contributed by atoms with Crippen LogP contribution in [0.3, 0.4) is 0 Å². The molecule has 1 aromatic heterocycles. The van der Waals surface area contributed by atoms with E-state index in [0.29, 0.717) is 47.6 Å². The van der Waals surface area contributed by atoms with Gasteiger partial charge in [0.1, 0.15) is 5.82 Å². The lowest BCUT2D eigenvalue weighted by Gasteiger charge is -2.31. The number of halogens is 2. The summed E-state index contributed by atoms with van der Waals surface area (Å²) < 4.78 is 13.5. The van der Waals surface area contributed by atoms with Crippen LogP contribution in [0.15, 0.2) is 36.4 Å². The maximum Gasteiger partial charge on any atom is 0.279 e. The van der Waals surface area contributed by atoms with Crippen molar-refractivity contribution in [2.75, 3.05) is 38.0 Å². The molecular weight excluding hydrogens is 365 g/mol. The molecule has 2 amide bonds. The predicted octanol–water partition coefficient (Wildman–Crippen LogP) is 1.52. The normalized spacial score (nSPS) is 15.2. The molecule has 2 aromatic rings. The standard InChI is InChI=1S/C17H17ClFN3O2S/c18-15-6-5-14(25-15)17(24)22-9-7-21(8-10-22)11-16(23)20-13-3-1-12(19)2-4-13/h1-6H,7-11H2,(H,20,23)/p+1. The monoisotopic (exact) mass is 382 g/mol. The first-order valence-electron chi connectivity index (χ1n) is 7.95. The fraction of sp³-hybridized carbons (Fsp3) is 0.294. The zero-order valence-electron chi connectivity index (χ0n) is 13.4. The lowest BCUT2D eigenvalue weighted by molar-refractivity contribution is -0.895. The van der Waals surface area contributed by atoms with Gasteiger partial charge in [-0.25, -0.2) is 4.39 Å². The van der Waals surface area contributed by atoms with Crippen LogP contribution in [0.4, 0.5) is 10.1 Å². The van der Waals surface area contributed by atoms with Crippen molar-refractivity contribution in [1.82, 2.24) is 4.90 Å². The summed E-state index contributed by atoms with van der Waals surface area (Å²) >= 11 is 7.16. The minimum atomic E-state index is -0.337. The third-order valence-corrected chi connectivity index (χ3v) is 5.30. The number of amides is 2. The van der Waals surface area contributed by atoms with Crippen LogP contribution in [0.1, 0.15) is 9.67 Å². The van der Waals surface area contributed by atoms with Crippen molar-refractivity contribution in [3.8, 4) is 0 Å². The molecule has 0 atom stereocenters. The van der Waals surface area contributed by atoms with Gasteiger partial charge in [0, 0.05) is 5.69 Å². The summed E-state index contributed by atoms with van der Waals surface area (Å²) in [6.45, 7) is 2.95. The van der Waals surface area contributed by atoms with Gasteiger partial charge in [-0.1, -0.05) is 11.6 Å². The Hall–Kier alpha value is -1.96. The van der Waals surface area contributed by atoms with Crippen LogP contribution in [0.25, 0.3) is 0 Å². The Morgan fingerprint density at radius 2 is 1.84 bits per heavy atom. The number of nitrogens with one attached hydrogen (secondary N) is 2. The molecule has 132 valence electrons. The molecular formula is C17H18ClFN3O2S+. The van der Waals surface area contributed by atoms with E-state index in [0.717, 1.165) is 4.90 Å². The largest absolute Gasteiger partial charge is 0.327 e. The van der Waals surface area contributed by atoms with Crippen molar-refractivity contribution in [3.63, 3.8) is 0 Å². The summed E-state index contributed by atoms with van der Waals surface area (Å²) in [4.78, 5) is 28.0. The summed E-state index contributed by atoms with van der Waals surface area (Å²) in [5.74, 6) is -0.463. The molecule has 0 saturated carbocycles. The van der Waals surface area contributed by atoms with Crippen LogP contribution in [0.5, 0.6) is 0 Å². The van der Waals surface area contributed by atoms with Crippen molar-refractivity contribution >= 4 is 40.4 Å². The Morgan fingerprint density at radius 1 is 1.16 bits per heavy atom. The number of benzene rings is 1. The van der Waals surface area contributed by atoms with Gasteiger partial charge in [-0.05, 0) is 36.4 Å². The Morgan fingerprint density at radius 3 is 2.44 bits per heavy atom. The third kappa shape index (κ3) is 4.78. The van der Waals surface area contributed by atoms with Crippen molar-refractivity contribution in [1.29, 1.82) is 0 Å². The van der Waals surface area contributed by atoms with Gasteiger partial charge in [0.2, 0.25) is 0 Å². The SMILES string of the molecule is O=C(C[NH+]1CCN(C(=O)c2ccc(Cl)s2)CC1)Nc1ccc(F)cc1. The molecule has 3 rings (SSSR count). The molecule has 2 heterocycles. The second-order valence-electron chi connectivity index (χ2n) is 5.88. The summed E-state index contributed by atoms with van der Waals surface area (Å²) in [5.41, 5.74) is 0.578. The molecule has 1 aliphatic rings. The number of thiophene rings is 1. The van der Waals surface area contributed by atoms with Crippen LogP contribution < -0.4 is 10.2 Å². The van der Waals surface area contributed by atoms with E-state index in [9.17, 15) is 14.0 Å². The maximum absolute atomic E-state index is 12.9. The van der Waals surface area contributed by atoms with E-state index in [4.69, 9.17) is 11.6 Å². The van der Waals surface area contributed by atoms with E-state index in [-0.39, 0.29) is 17.6 Å². The molecule has 0 aliphatic carbocycles. The smallest absolute Gasteiger partial charge is 0.279 e. The first-order valence-corrected chi connectivity index (χ1v) is 9.14. The van der Waals surface area contributed by atoms with Gasteiger partial charge in [-0.3, -0.25) is 9.59 Å². The fourth-order valence-electron chi connectivity index (χ4n) is 2.75.